The van der Waals surface area contributed by atoms with Crippen LogP contribution in [-0.4, -0.2) is 13.1 Å². The molecule has 0 unspecified atom stereocenters. The number of carbonyl (C=O) groups is 1. The van der Waals surface area contributed by atoms with Gasteiger partial charge in [-0.05, 0) is 23.8 Å². The van der Waals surface area contributed by atoms with Crippen LogP contribution in [0.3, 0.4) is 0 Å². The van der Waals surface area contributed by atoms with Crippen molar-refractivity contribution in [3.05, 3.63) is 35.9 Å². The molecular formula is C10H9LiO3. The normalized spacial score (nSPS) is 9.50. The van der Waals surface area contributed by atoms with Crippen LogP contribution in [0.25, 0.3) is 6.08 Å². The smallest absolute Gasteiger partial charge is 0.545 e. The summed E-state index contributed by atoms with van der Waals surface area (Å²) in [5.41, 5.74) is 0.796. The van der Waals surface area contributed by atoms with Gasteiger partial charge in [-0.1, -0.05) is 18.2 Å². The molecule has 1 aromatic rings. The summed E-state index contributed by atoms with van der Waals surface area (Å²) in [7, 11) is 1.58. The topological polar surface area (TPSA) is 49.4 Å². The zero-order valence-electron chi connectivity index (χ0n) is 8.19. The van der Waals surface area contributed by atoms with Gasteiger partial charge in [-0.25, -0.2) is 0 Å². The third-order valence-electron chi connectivity index (χ3n) is 1.53. The molecule has 68 valence electrons. The summed E-state index contributed by atoms with van der Waals surface area (Å²) in [6, 6.07) is 7.04. The minimum Gasteiger partial charge on any atom is -0.545 e. The van der Waals surface area contributed by atoms with E-state index in [9.17, 15) is 9.90 Å². The van der Waals surface area contributed by atoms with Gasteiger partial charge in [0, 0.05) is 0 Å². The predicted octanol–water partition coefficient (Wildman–Crippen LogP) is -2.54. The van der Waals surface area contributed by atoms with E-state index in [1.54, 1.807) is 31.4 Å². The number of hydrogen-bond donors (Lipinski definition) is 0. The van der Waals surface area contributed by atoms with Crippen molar-refractivity contribution in [3.63, 3.8) is 0 Å². The minimum atomic E-state index is -1.20. The molecule has 0 aliphatic rings. The van der Waals surface area contributed by atoms with Gasteiger partial charge < -0.3 is 14.6 Å². The zero-order valence-corrected chi connectivity index (χ0v) is 8.19. The molecule has 0 bridgehead atoms. The van der Waals surface area contributed by atoms with Gasteiger partial charge in [0.1, 0.15) is 5.75 Å². The van der Waals surface area contributed by atoms with Crippen molar-refractivity contribution in [2.24, 2.45) is 0 Å². The Balaban J connectivity index is 0.00000169. The second-order valence-electron chi connectivity index (χ2n) is 2.43. The molecule has 0 aliphatic carbocycles. The first-order chi connectivity index (χ1) is 6.22. The molecule has 0 N–H and O–H groups in total. The molecule has 0 spiro atoms. The molecule has 1 rings (SSSR count). The molecule has 0 amide bonds. The molecule has 14 heavy (non-hydrogen) atoms. The molecule has 0 saturated carbocycles. The van der Waals surface area contributed by atoms with E-state index in [-0.39, 0.29) is 18.9 Å². The van der Waals surface area contributed by atoms with Gasteiger partial charge in [-0.3, -0.25) is 0 Å². The first-order valence-corrected chi connectivity index (χ1v) is 3.75. The average molecular weight is 184 g/mol. The monoisotopic (exact) mass is 184 g/mol. The van der Waals surface area contributed by atoms with Crippen LogP contribution in [0.4, 0.5) is 0 Å². The number of hydrogen-bond acceptors (Lipinski definition) is 3. The van der Waals surface area contributed by atoms with Crippen molar-refractivity contribution >= 4 is 12.0 Å². The fourth-order valence-electron chi connectivity index (χ4n) is 0.879. The molecule has 3 nitrogen and oxygen atoms in total. The summed E-state index contributed by atoms with van der Waals surface area (Å²) in [5, 5.41) is 10.1. The maximum atomic E-state index is 10.1. The van der Waals surface area contributed by atoms with Crippen molar-refractivity contribution in [3.8, 4) is 5.75 Å². The maximum absolute atomic E-state index is 10.1. The van der Waals surface area contributed by atoms with Crippen LogP contribution in [-0.2, 0) is 4.79 Å². The van der Waals surface area contributed by atoms with Crippen molar-refractivity contribution in [1.29, 1.82) is 0 Å². The van der Waals surface area contributed by atoms with Gasteiger partial charge in [0.2, 0.25) is 0 Å². The number of methoxy groups -OCH3 is 1. The first-order valence-electron chi connectivity index (χ1n) is 3.75. The quantitative estimate of drug-likeness (QED) is 0.384. The molecule has 0 radical (unpaired) electrons. The SMILES string of the molecule is COc1ccc(C=CC(=O)[O-])cc1.[Li+]. The first kappa shape index (κ1) is 12.8. The molecule has 0 heterocycles. The van der Waals surface area contributed by atoms with Gasteiger partial charge in [-0.15, -0.1) is 0 Å². The van der Waals surface area contributed by atoms with Gasteiger partial charge in [0.25, 0.3) is 0 Å². The van der Waals surface area contributed by atoms with Crippen molar-refractivity contribution < 1.29 is 33.5 Å². The molecule has 0 atom stereocenters. The van der Waals surface area contributed by atoms with E-state index in [4.69, 9.17) is 4.74 Å². The van der Waals surface area contributed by atoms with Crippen LogP contribution in [0, 0.1) is 0 Å². The Morgan fingerprint density at radius 1 is 1.36 bits per heavy atom. The molecule has 0 fully saturated rings. The van der Waals surface area contributed by atoms with Gasteiger partial charge in [0.05, 0.1) is 13.1 Å². The van der Waals surface area contributed by atoms with E-state index in [2.05, 4.69) is 0 Å². The van der Waals surface area contributed by atoms with E-state index in [0.29, 0.717) is 0 Å². The molecule has 0 aliphatic heterocycles. The summed E-state index contributed by atoms with van der Waals surface area (Å²) in [6.07, 6.45) is 2.45. The zero-order chi connectivity index (χ0) is 9.68. The second kappa shape index (κ2) is 6.31. The summed E-state index contributed by atoms with van der Waals surface area (Å²) in [4.78, 5) is 10.1. The van der Waals surface area contributed by atoms with Crippen LogP contribution < -0.4 is 28.7 Å². The van der Waals surface area contributed by atoms with Gasteiger partial charge in [-0.2, -0.15) is 0 Å². The van der Waals surface area contributed by atoms with Crippen LogP contribution in [0.1, 0.15) is 5.56 Å². The summed E-state index contributed by atoms with van der Waals surface area (Å²) < 4.78 is 4.94. The van der Waals surface area contributed by atoms with E-state index in [1.165, 1.54) is 6.08 Å². The Kier molecular flexibility index (Phi) is 5.78. The van der Waals surface area contributed by atoms with Crippen molar-refractivity contribution in [1.82, 2.24) is 0 Å². The number of benzene rings is 1. The summed E-state index contributed by atoms with van der Waals surface area (Å²) >= 11 is 0. The summed E-state index contributed by atoms with van der Waals surface area (Å²) in [5.74, 6) is -0.457. The Morgan fingerprint density at radius 2 is 1.93 bits per heavy atom. The fourth-order valence-corrected chi connectivity index (χ4v) is 0.879. The number of carbonyl (C=O) groups excluding carboxylic acids is 1. The Labute approximate surface area is 94.6 Å². The van der Waals surface area contributed by atoms with E-state index in [0.717, 1.165) is 17.4 Å². The van der Waals surface area contributed by atoms with Crippen molar-refractivity contribution in [2.75, 3.05) is 7.11 Å². The van der Waals surface area contributed by atoms with Crippen LogP contribution in [0.15, 0.2) is 30.3 Å². The van der Waals surface area contributed by atoms with E-state index in [1.807, 2.05) is 0 Å². The second-order valence-corrected chi connectivity index (χ2v) is 2.43. The van der Waals surface area contributed by atoms with E-state index < -0.39 is 5.97 Å². The summed E-state index contributed by atoms with van der Waals surface area (Å²) in [6.45, 7) is 0. The number of carboxylic acids is 1. The largest absolute Gasteiger partial charge is 1.00 e. The minimum absolute atomic E-state index is 0. The van der Waals surface area contributed by atoms with Gasteiger partial charge >= 0.3 is 18.9 Å². The maximum Gasteiger partial charge on any atom is 1.00 e. The van der Waals surface area contributed by atoms with Crippen LogP contribution >= 0.6 is 0 Å². The van der Waals surface area contributed by atoms with Gasteiger partial charge in [0.15, 0.2) is 0 Å². The Hall–Kier alpha value is -1.17. The molecule has 1 aromatic carbocycles. The third-order valence-corrected chi connectivity index (χ3v) is 1.53. The number of carboxylic acid groups (broad SMARTS) is 1. The van der Waals surface area contributed by atoms with Crippen LogP contribution in [0.2, 0.25) is 0 Å². The van der Waals surface area contributed by atoms with Crippen molar-refractivity contribution in [2.45, 2.75) is 0 Å². The average Bonchev–Trinajstić information content (AvgIpc) is 2.15. The molecule has 0 aromatic heterocycles. The number of aliphatic carboxylic acids is 1. The predicted molar refractivity (Wildman–Crippen MR) is 47.0 cm³/mol. The number of ether oxygens (including phenoxy) is 1. The Morgan fingerprint density at radius 3 is 2.36 bits per heavy atom. The third kappa shape index (κ3) is 4.17. The van der Waals surface area contributed by atoms with E-state index >= 15 is 0 Å². The van der Waals surface area contributed by atoms with Crippen LogP contribution in [0.5, 0.6) is 5.75 Å². The molecular weight excluding hydrogens is 175 g/mol. The number of rotatable bonds is 3. The molecule has 0 saturated heterocycles. The molecule has 4 heteroatoms. The standard InChI is InChI=1S/C10H10O3.Li/c1-13-9-5-2-8(3-6-9)4-7-10(11)12;/h2-7H,1H3,(H,11,12);/q;+1/p-1. The fraction of sp³-hybridized carbons (Fsp3) is 0.100. The Bertz CT molecular complexity index is 317.